The average molecular weight is 293 g/mol. The van der Waals surface area contributed by atoms with E-state index in [4.69, 9.17) is 11.5 Å². The smallest absolute Gasteiger partial charge is 0.231 e. The minimum atomic E-state index is -0.371. The maximum absolute atomic E-state index is 13.5. The van der Waals surface area contributed by atoms with Gasteiger partial charge in [-0.05, 0) is 37.5 Å². The van der Waals surface area contributed by atoms with Crippen LogP contribution in [0.25, 0.3) is 0 Å². The third-order valence-electron chi connectivity index (χ3n) is 4.18. The number of carbonyl (C=O) groups excluding carboxylic acids is 1. The lowest BCUT2D eigenvalue weighted by molar-refractivity contribution is -0.120. The molecule has 4 N–H and O–H groups in total. The largest absolute Gasteiger partial charge is 0.369 e. The van der Waals surface area contributed by atoms with E-state index in [1.165, 1.54) is 12.1 Å². The van der Waals surface area contributed by atoms with Crippen LogP contribution in [0.5, 0.6) is 0 Å². The molecule has 0 aliphatic heterocycles. The predicted octanol–water partition coefficient (Wildman–Crippen LogP) is 1.94. The van der Waals surface area contributed by atoms with Crippen molar-refractivity contribution < 1.29 is 9.18 Å². The average Bonchev–Trinajstić information content (AvgIpc) is 2.90. The summed E-state index contributed by atoms with van der Waals surface area (Å²) in [6.07, 6.45) is 4.36. The number of primary amides is 1. The normalized spacial score (nSPS) is 18.9. The first-order valence-electron chi connectivity index (χ1n) is 7.54. The summed E-state index contributed by atoms with van der Waals surface area (Å²) in [5, 5.41) is 0. The summed E-state index contributed by atoms with van der Waals surface area (Å²) in [6, 6.07) is 6.32. The molecule has 1 aliphatic rings. The summed E-state index contributed by atoms with van der Waals surface area (Å²) in [7, 11) is 0. The van der Waals surface area contributed by atoms with Gasteiger partial charge in [-0.1, -0.05) is 25.0 Å². The molecule has 1 fully saturated rings. The van der Waals surface area contributed by atoms with E-state index in [9.17, 15) is 9.18 Å². The number of amides is 1. The van der Waals surface area contributed by atoms with Gasteiger partial charge in [0.1, 0.15) is 5.82 Å². The van der Waals surface area contributed by atoms with Crippen molar-refractivity contribution in [2.24, 2.45) is 11.5 Å². The Labute approximate surface area is 125 Å². The van der Waals surface area contributed by atoms with Gasteiger partial charge < -0.3 is 11.5 Å². The van der Waals surface area contributed by atoms with Crippen molar-refractivity contribution in [3.8, 4) is 0 Å². The first-order chi connectivity index (χ1) is 9.99. The number of carbonyl (C=O) groups is 1. The summed E-state index contributed by atoms with van der Waals surface area (Å²) < 4.78 is 13.5. The lowest BCUT2D eigenvalue weighted by atomic mass is 9.96. The molecule has 0 spiro atoms. The van der Waals surface area contributed by atoms with Gasteiger partial charge in [-0.2, -0.15) is 0 Å². The highest BCUT2D eigenvalue weighted by atomic mass is 19.1. The van der Waals surface area contributed by atoms with Crippen molar-refractivity contribution in [2.45, 2.75) is 50.7 Å². The van der Waals surface area contributed by atoms with E-state index in [1.54, 1.807) is 6.07 Å². The van der Waals surface area contributed by atoms with E-state index in [1.807, 2.05) is 13.0 Å². The van der Waals surface area contributed by atoms with E-state index >= 15 is 0 Å². The molecule has 2 rings (SSSR count). The van der Waals surface area contributed by atoms with E-state index in [-0.39, 0.29) is 36.4 Å². The number of nitrogens with zero attached hydrogens (tertiary/aromatic N) is 1. The first kappa shape index (κ1) is 15.9. The van der Waals surface area contributed by atoms with Crippen LogP contribution < -0.4 is 11.5 Å². The Bertz CT molecular complexity index is 486. The summed E-state index contributed by atoms with van der Waals surface area (Å²) in [5.41, 5.74) is 12.4. The maximum Gasteiger partial charge on any atom is 0.231 e. The molecule has 2 unspecified atom stereocenters. The number of nitrogens with two attached hydrogens (primary N) is 2. The zero-order valence-corrected chi connectivity index (χ0v) is 12.5. The highest BCUT2D eigenvalue weighted by molar-refractivity contribution is 5.76. The molecule has 0 aromatic heterocycles. The molecular weight excluding hydrogens is 269 g/mol. The zero-order valence-electron chi connectivity index (χ0n) is 12.5. The minimum absolute atomic E-state index is 0.160. The lowest BCUT2D eigenvalue weighted by Gasteiger charge is -2.38. The van der Waals surface area contributed by atoms with Crippen LogP contribution >= 0.6 is 0 Å². The standard InChI is InChI=1S/C16H24FN3O/c1-11(18)16(12-5-4-6-13(17)9-12)20(10-15(19)21)14-7-2-3-8-14/h4-6,9,11,14,16H,2-3,7-8,10,18H2,1H3,(H2,19,21). The monoisotopic (exact) mass is 293 g/mol. The fourth-order valence-corrected chi connectivity index (χ4v) is 3.36. The Kier molecular flexibility index (Phi) is 5.31. The van der Waals surface area contributed by atoms with Crippen LogP contribution in [-0.2, 0) is 4.79 Å². The second kappa shape index (κ2) is 7.00. The van der Waals surface area contributed by atoms with Gasteiger partial charge in [0.25, 0.3) is 0 Å². The molecule has 2 atom stereocenters. The van der Waals surface area contributed by atoms with Crippen molar-refractivity contribution in [1.29, 1.82) is 0 Å². The van der Waals surface area contributed by atoms with E-state index in [0.29, 0.717) is 0 Å². The third-order valence-corrected chi connectivity index (χ3v) is 4.18. The van der Waals surface area contributed by atoms with Crippen LogP contribution in [0.3, 0.4) is 0 Å². The molecule has 1 aliphatic carbocycles. The zero-order chi connectivity index (χ0) is 15.4. The van der Waals surface area contributed by atoms with E-state index < -0.39 is 0 Å². The molecule has 1 saturated carbocycles. The van der Waals surface area contributed by atoms with Gasteiger partial charge in [-0.25, -0.2) is 4.39 Å². The minimum Gasteiger partial charge on any atom is -0.369 e. The molecule has 0 heterocycles. The Balaban J connectivity index is 2.33. The molecule has 0 radical (unpaired) electrons. The van der Waals surface area contributed by atoms with Crippen molar-refractivity contribution in [3.05, 3.63) is 35.6 Å². The quantitative estimate of drug-likeness (QED) is 0.842. The van der Waals surface area contributed by atoms with Crippen LogP contribution in [-0.4, -0.2) is 29.4 Å². The van der Waals surface area contributed by atoms with Crippen molar-refractivity contribution in [1.82, 2.24) is 4.90 Å². The molecule has 1 aromatic carbocycles. The summed E-state index contributed by atoms with van der Waals surface area (Å²) >= 11 is 0. The Morgan fingerprint density at radius 1 is 1.43 bits per heavy atom. The molecule has 4 nitrogen and oxygen atoms in total. The number of rotatable bonds is 6. The number of hydrogen-bond donors (Lipinski definition) is 2. The fraction of sp³-hybridized carbons (Fsp3) is 0.562. The molecule has 0 bridgehead atoms. The van der Waals surface area contributed by atoms with Gasteiger partial charge in [-0.15, -0.1) is 0 Å². The topological polar surface area (TPSA) is 72.3 Å². The maximum atomic E-state index is 13.5. The SMILES string of the molecule is CC(N)C(c1cccc(F)c1)N(CC(N)=O)C1CCCC1. The van der Waals surface area contributed by atoms with Crippen LogP contribution in [0.15, 0.2) is 24.3 Å². The van der Waals surface area contributed by atoms with Crippen LogP contribution in [0, 0.1) is 5.82 Å². The van der Waals surface area contributed by atoms with Gasteiger partial charge in [0.2, 0.25) is 5.91 Å². The van der Waals surface area contributed by atoms with Gasteiger partial charge in [0.15, 0.2) is 0 Å². The van der Waals surface area contributed by atoms with Crippen LogP contribution in [0.2, 0.25) is 0 Å². The Morgan fingerprint density at radius 2 is 2.10 bits per heavy atom. The van der Waals surface area contributed by atoms with Gasteiger partial charge in [-0.3, -0.25) is 9.69 Å². The van der Waals surface area contributed by atoms with Crippen LogP contribution in [0.1, 0.15) is 44.2 Å². The number of hydrogen-bond acceptors (Lipinski definition) is 3. The predicted molar refractivity (Wildman–Crippen MR) is 80.9 cm³/mol. The number of benzene rings is 1. The summed E-state index contributed by atoms with van der Waals surface area (Å²) in [6.45, 7) is 2.05. The second-order valence-electron chi connectivity index (χ2n) is 5.94. The summed E-state index contributed by atoms with van der Waals surface area (Å²) in [5.74, 6) is -0.660. The Hall–Kier alpha value is -1.46. The van der Waals surface area contributed by atoms with Crippen LogP contribution in [0.4, 0.5) is 4.39 Å². The first-order valence-corrected chi connectivity index (χ1v) is 7.54. The molecule has 21 heavy (non-hydrogen) atoms. The highest BCUT2D eigenvalue weighted by Gasteiger charge is 2.32. The molecule has 1 aromatic rings. The van der Waals surface area contributed by atoms with Gasteiger partial charge in [0.05, 0.1) is 12.6 Å². The van der Waals surface area contributed by atoms with Gasteiger partial charge in [0, 0.05) is 12.1 Å². The summed E-state index contributed by atoms with van der Waals surface area (Å²) in [4.78, 5) is 13.5. The fourth-order valence-electron chi connectivity index (χ4n) is 3.36. The molecule has 116 valence electrons. The highest BCUT2D eigenvalue weighted by Crippen LogP contribution is 2.32. The van der Waals surface area contributed by atoms with Crippen molar-refractivity contribution in [2.75, 3.05) is 6.54 Å². The molecule has 1 amide bonds. The Morgan fingerprint density at radius 3 is 2.62 bits per heavy atom. The van der Waals surface area contributed by atoms with E-state index in [2.05, 4.69) is 4.90 Å². The van der Waals surface area contributed by atoms with Gasteiger partial charge >= 0.3 is 0 Å². The molecule has 5 heteroatoms. The molecule has 0 saturated heterocycles. The second-order valence-corrected chi connectivity index (χ2v) is 5.94. The van der Waals surface area contributed by atoms with Crippen molar-refractivity contribution in [3.63, 3.8) is 0 Å². The lowest BCUT2D eigenvalue weighted by Crippen LogP contribution is -2.48. The third kappa shape index (κ3) is 4.02. The molecular formula is C16H24FN3O. The number of halogens is 1. The van der Waals surface area contributed by atoms with E-state index in [0.717, 1.165) is 31.2 Å². The van der Waals surface area contributed by atoms with Crippen molar-refractivity contribution >= 4 is 5.91 Å².